The maximum atomic E-state index is 13.2. The molecule has 0 saturated carbocycles. The van der Waals surface area contributed by atoms with Crippen molar-refractivity contribution in [2.75, 3.05) is 11.1 Å². The first-order chi connectivity index (χ1) is 27.4. The fourth-order valence-corrected chi connectivity index (χ4v) is 9.22. The Hall–Kier alpha value is -7.22. The quantitative estimate of drug-likeness (QED) is 0.116. The zero-order chi connectivity index (χ0) is 39.9. The molecule has 0 saturated heterocycles. The van der Waals surface area contributed by atoms with E-state index in [1.165, 1.54) is 22.9 Å². The number of aromatic nitrogens is 2. The minimum absolute atomic E-state index is 0.203. The lowest BCUT2D eigenvalue weighted by Crippen LogP contribution is -2.14. The number of pyridine rings is 2. The number of carboxylic acids is 1. The van der Waals surface area contributed by atoms with Gasteiger partial charge in [0, 0.05) is 43.7 Å². The van der Waals surface area contributed by atoms with Crippen LogP contribution in [0.1, 0.15) is 31.8 Å². The van der Waals surface area contributed by atoms with E-state index in [9.17, 15) is 31.5 Å². The Labute approximate surface area is 326 Å². The number of hydrogen-bond donors (Lipinski definition) is 3. The number of aromatic carboxylic acids is 1. The number of hydrogen-bond acceptors (Lipinski definition) is 9. The first kappa shape index (κ1) is 36.7. The Bertz CT molecular complexity index is 3160. The van der Waals surface area contributed by atoms with Crippen LogP contribution in [-0.2, 0) is 19.7 Å². The highest BCUT2D eigenvalue weighted by molar-refractivity contribution is 7.95. The highest BCUT2D eigenvalue weighted by Gasteiger charge is 2.23. The first-order valence-corrected chi connectivity index (χ1v) is 20.5. The molecule has 0 fully saturated rings. The van der Waals surface area contributed by atoms with Gasteiger partial charge in [0.1, 0.15) is 0 Å². The number of rotatable bonds is 3. The van der Waals surface area contributed by atoms with Crippen molar-refractivity contribution in [3.8, 4) is 0 Å². The summed E-state index contributed by atoms with van der Waals surface area (Å²) in [4.78, 5) is 34.2. The van der Waals surface area contributed by atoms with E-state index in [2.05, 4.69) is 15.3 Å². The monoisotopic (exact) mass is 790 g/mol. The molecule has 8 aromatic rings. The van der Waals surface area contributed by atoms with Crippen molar-refractivity contribution in [1.29, 1.82) is 0 Å². The predicted octanol–water partition coefficient (Wildman–Crippen LogP) is 8.51. The summed E-state index contributed by atoms with van der Waals surface area (Å²) in [7, 11) is -6.63. The number of amides is 1. The number of anilines is 2. The molecule has 0 radical (unpaired) electrons. The van der Waals surface area contributed by atoms with Crippen LogP contribution in [0.2, 0.25) is 0 Å². The number of carbonyl (C=O) groups excluding carboxylic acids is 1. The van der Waals surface area contributed by atoms with E-state index in [-0.39, 0.29) is 10.8 Å². The number of fused-ring (bicyclic) bond motifs is 6. The van der Waals surface area contributed by atoms with Crippen molar-refractivity contribution in [3.63, 3.8) is 0 Å². The molecule has 10 rings (SSSR count). The van der Waals surface area contributed by atoms with Crippen LogP contribution in [0.5, 0.6) is 0 Å². The molecular formula is C44H30N4O7S2. The molecule has 0 aliphatic carbocycles. The molecule has 0 spiro atoms. The minimum Gasteiger partial charge on any atom is -0.478 e. The number of benzene rings is 6. The number of nitrogens with two attached hydrogens (primary N) is 1. The summed E-state index contributed by atoms with van der Waals surface area (Å²) in [6.45, 7) is 0. The molecule has 0 atom stereocenters. The third kappa shape index (κ3) is 7.08. The zero-order valence-corrected chi connectivity index (χ0v) is 31.3. The van der Waals surface area contributed by atoms with Gasteiger partial charge in [0.2, 0.25) is 19.7 Å². The number of sulfone groups is 2. The average molecular weight is 791 g/mol. The average Bonchev–Trinajstić information content (AvgIpc) is 3.68. The fraction of sp³-hybridized carbons (Fsp3) is 0. The molecule has 4 N–H and O–H groups in total. The molecule has 11 nitrogen and oxygen atoms in total. The Morgan fingerprint density at radius 1 is 0.526 bits per heavy atom. The standard InChI is InChI=1S/C22H14N2O3S.C14H9NO2.C8H7NO2S/c25-22(23-15-10-9-14-11-12-28(26,27)20(14)13-15)21-16-5-1-3-7-18(16)24-19-8-4-2-6-17(19)21;16-14(17)13-9-5-1-3-7-11(9)15-12-8-4-2-6-10(12)13;9-7-2-1-6-3-4-12(10,11)8(6)5-7/h1-13H,(H,23,25);1-8H,(H,16,17);1-5H,9H2. The summed E-state index contributed by atoms with van der Waals surface area (Å²) in [6.07, 6.45) is 3.13. The van der Waals surface area contributed by atoms with Crippen LogP contribution >= 0.6 is 0 Å². The van der Waals surface area contributed by atoms with Crippen molar-refractivity contribution >= 4 is 98.7 Å². The van der Waals surface area contributed by atoms with Crippen molar-refractivity contribution < 1.29 is 31.5 Å². The molecule has 6 aromatic carbocycles. The first-order valence-electron chi connectivity index (χ1n) is 17.4. The highest BCUT2D eigenvalue weighted by atomic mass is 32.2. The van der Waals surface area contributed by atoms with Gasteiger partial charge in [0.15, 0.2) is 0 Å². The lowest BCUT2D eigenvalue weighted by atomic mass is 10.0. The third-order valence-corrected chi connectivity index (χ3v) is 12.3. The van der Waals surface area contributed by atoms with Gasteiger partial charge in [-0.05, 0) is 71.8 Å². The number of nitrogen functional groups attached to an aromatic ring is 1. The summed E-state index contributed by atoms with van der Waals surface area (Å²) in [5, 5.41) is 17.4. The van der Waals surface area contributed by atoms with Gasteiger partial charge in [0.05, 0.1) is 43.0 Å². The lowest BCUT2D eigenvalue weighted by molar-refractivity contribution is 0.0700. The summed E-state index contributed by atoms with van der Waals surface area (Å²) in [5.74, 6) is -1.22. The molecule has 0 bridgehead atoms. The molecule has 2 aliphatic heterocycles. The van der Waals surface area contributed by atoms with Crippen molar-refractivity contribution in [3.05, 3.63) is 167 Å². The van der Waals surface area contributed by atoms with E-state index < -0.39 is 25.6 Å². The van der Waals surface area contributed by atoms with E-state index in [4.69, 9.17) is 5.73 Å². The molecular weight excluding hydrogens is 761 g/mol. The number of nitrogens with zero attached hydrogens (tertiary/aromatic N) is 2. The second-order valence-corrected chi connectivity index (χ2v) is 16.7. The van der Waals surface area contributed by atoms with Gasteiger partial charge in [-0.2, -0.15) is 0 Å². The van der Waals surface area contributed by atoms with Crippen LogP contribution < -0.4 is 11.1 Å². The zero-order valence-electron chi connectivity index (χ0n) is 29.7. The molecule has 0 unspecified atom stereocenters. The van der Waals surface area contributed by atoms with Crippen molar-refractivity contribution in [1.82, 2.24) is 9.97 Å². The van der Waals surface area contributed by atoms with E-state index in [0.29, 0.717) is 60.3 Å². The Morgan fingerprint density at radius 2 is 0.930 bits per heavy atom. The fourth-order valence-electron chi connectivity index (χ4n) is 6.75. The van der Waals surface area contributed by atoms with Crippen LogP contribution in [0, 0.1) is 0 Å². The molecule has 13 heteroatoms. The summed E-state index contributed by atoms with van der Waals surface area (Å²) >= 11 is 0. The Balaban J connectivity index is 0.000000133. The predicted molar refractivity (Wildman–Crippen MR) is 223 cm³/mol. The van der Waals surface area contributed by atoms with Gasteiger partial charge in [-0.3, -0.25) is 4.79 Å². The maximum absolute atomic E-state index is 13.2. The number of para-hydroxylation sites is 4. The Kier molecular flexibility index (Phi) is 9.32. The summed E-state index contributed by atoms with van der Waals surface area (Å²) in [5.41, 5.74) is 11.4. The van der Waals surface area contributed by atoms with Gasteiger partial charge >= 0.3 is 5.97 Å². The maximum Gasteiger partial charge on any atom is 0.337 e. The molecule has 57 heavy (non-hydrogen) atoms. The SMILES string of the molecule is Nc1ccc2c(c1)S(=O)(=O)C=C2.O=C(Nc1ccc2c(c1)S(=O)(=O)C=C2)c1c2ccccc2nc2ccccc12.O=C(O)c1c2ccccc2nc2ccccc12. The lowest BCUT2D eigenvalue weighted by Gasteiger charge is -2.12. The largest absolute Gasteiger partial charge is 0.478 e. The van der Waals surface area contributed by atoms with E-state index in [1.54, 1.807) is 48.6 Å². The third-order valence-electron chi connectivity index (χ3n) is 9.39. The molecule has 2 aliphatic rings. The molecule has 4 heterocycles. The van der Waals surface area contributed by atoms with Crippen molar-refractivity contribution in [2.45, 2.75) is 9.79 Å². The minimum atomic E-state index is -3.44. The van der Waals surface area contributed by atoms with Crippen LogP contribution in [0.4, 0.5) is 11.4 Å². The second kappa shape index (κ2) is 14.5. The number of nitrogens with one attached hydrogen (secondary N) is 1. The normalized spacial score (nSPS) is 14.0. The molecule has 280 valence electrons. The van der Waals surface area contributed by atoms with Gasteiger partial charge in [-0.25, -0.2) is 31.6 Å². The van der Waals surface area contributed by atoms with Crippen LogP contribution in [0.25, 0.3) is 55.8 Å². The summed E-state index contributed by atoms with van der Waals surface area (Å²) in [6, 6.07) is 39.3. The molecule has 2 aromatic heterocycles. The Morgan fingerprint density at radius 3 is 1.39 bits per heavy atom. The van der Waals surface area contributed by atoms with E-state index >= 15 is 0 Å². The van der Waals surface area contributed by atoms with Crippen LogP contribution in [0.3, 0.4) is 0 Å². The smallest absolute Gasteiger partial charge is 0.337 e. The number of carboxylic acid groups (broad SMARTS) is 1. The van der Waals surface area contributed by atoms with Crippen LogP contribution in [0.15, 0.2) is 154 Å². The van der Waals surface area contributed by atoms with E-state index in [0.717, 1.165) is 21.8 Å². The summed E-state index contributed by atoms with van der Waals surface area (Å²) < 4.78 is 46.7. The van der Waals surface area contributed by atoms with Gasteiger partial charge < -0.3 is 16.2 Å². The van der Waals surface area contributed by atoms with Gasteiger partial charge in [-0.15, -0.1) is 0 Å². The molecule has 1 amide bonds. The van der Waals surface area contributed by atoms with Crippen molar-refractivity contribution in [2.24, 2.45) is 0 Å². The van der Waals surface area contributed by atoms with Gasteiger partial charge in [-0.1, -0.05) is 84.9 Å². The van der Waals surface area contributed by atoms with Crippen LogP contribution in [-0.4, -0.2) is 43.8 Å². The highest BCUT2D eigenvalue weighted by Crippen LogP contribution is 2.32. The second-order valence-electron chi connectivity index (χ2n) is 13.0. The number of carbonyl (C=O) groups is 2. The topological polar surface area (TPSA) is 186 Å². The van der Waals surface area contributed by atoms with E-state index in [1.807, 2.05) is 84.9 Å². The van der Waals surface area contributed by atoms with Gasteiger partial charge in [0.25, 0.3) is 5.91 Å².